The molecule has 6 rings (SSSR count). The van der Waals surface area contributed by atoms with Crippen LogP contribution in [0.15, 0.2) is 94.4 Å². The number of fused-ring (bicyclic) bond motifs is 2. The Labute approximate surface area is 238 Å². The molecule has 0 fully saturated rings. The van der Waals surface area contributed by atoms with Crippen molar-refractivity contribution in [2.24, 2.45) is 7.05 Å². The van der Waals surface area contributed by atoms with Crippen LogP contribution in [-0.4, -0.2) is 36.6 Å². The molecular weight excluding hydrogens is 545 g/mol. The van der Waals surface area contributed by atoms with E-state index in [0.717, 1.165) is 15.9 Å². The number of anilines is 1. The molecule has 0 bridgehead atoms. The van der Waals surface area contributed by atoms with Gasteiger partial charge in [0.1, 0.15) is 5.82 Å². The monoisotopic (exact) mass is 568 g/mol. The van der Waals surface area contributed by atoms with Gasteiger partial charge in [-0.3, -0.25) is 10.1 Å². The van der Waals surface area contributed by atoms with Gasteiger partial charge in [0.15, 0.2) is 9.50 Å². The van der Waals surface area contributed by atoms with Crippen molar-refractivity contribution in [3.05, 3.63) is 102 Å². The van der Waals surface area contributed by atoms with Crippen LogP contribution < -0.4 is 5.32 Å². The molecule has 2 heterocycles. The van der Waals surface area contributed by atoms with Crippen LogP contribution in [0.5, 0.6) is 0 Å². The van der Waals surface area contributed by atoms with Crippen molar-refractivity contribution in [2.45, 2.75) is 21.7 Å². The van der Waals surface area contributed by atoms with E-state index in [9.17, 15) is 4.79 Å². The van der Waals surface area contributed by atoms with Gasteiger partial charge in [0.2, 0.25) is 11.0 Å². The summed E-state index contributed by atoms with van der Waals surface area (Å²) in [5.41, 5.74) is 2.45. The Morgan fingerprint density at radius 1 is 0.795 bits per heavy atom. The second-order valence-electron chi connectivity index (χ2n) is 8.91. The summed E-state index contributed by atoms with van der Waals surface area (Å²) in [5.74, 6) is 1.69. The summed E-state index contributed by atoms with van der Waals surface area (Å²) in [6, 6.07) is 29.3. The van der Waals surface area contributed by atoms with E-state index in [1.54, 1.807) is 11.8 Å². The fraction of sp³-hybridized carbons (Fsp3) is 0.138. The number of hydrogen-bond donors (Lipinski definition) is 1. The van der Waals surface area contributed by atoms with Gasteiger partial charge < -0.3 is 4.57 Å². The number of benzene rings is 4. The standard InChI is InChI=1S/C29H24N6OS3/c1-35-25(16-21-12-6-10-19-8-2-4-14-23(19)21)31-33-28(35)37-18-26(36)30-27-32-34-29(39-27)38-17-22-13-7-11-20-9-3-5-15-24(20)22/h2-15H,16-18H2,1H3,(H,30,32,36). The van der Waals surface area contributed by atoms with Gasteiger partial charge in [-0.1, -0.05) is 120 Å². The lowest BCUT2D eigenvalue weighted by molar-refractivity contribution is -0.113. The van der Waals surface area contributed by atoms with Crippen LogP contribution in [0.3, 0.4) is 0 Å². The summed E-state index contributed by atoms with van der Waals surface area (Å²) < 4.78 is 2.77. The summed E-state index contributed by atoms with van der Waals surface area (Å²) in [6.07, 6.45) is 0.668. The molecule has 0 unspecified atom stereocenters. The molecule has 6 aromatic rings. The van der Waals surface area contributed by atoms with Gasteiger partial charge in [0.05, 0.1) is 5.75 Å². The fourth-order valence-corrected chi connectivity index (χ4v) is 6.91. The first-order chi connectivity index (χ1) is 19.1. The Bertz CT molecular complexity index is 1770. The molecule has 0 spiro atoms. The van der Waals surface area contributed by atoms with E-state index in [-0.39, 0.29) is 11.7 Å². The zero-order valence-electron chi connectivity index (χ0n) is 21.1. The second kappa shape index (κ2) is 11.6. The third-order valence-corrected chi connectivity index (χ3v) is 9.41. The molecule has 0 saturated heterocycles. The molecule has 0 saturated carbocycles. The van der Waals surface area contributed by atoms with Crippen molar-refractivity contribution in [3.63, 3.8) is 0 Å². The Morgan fingerprint density at radius 3 is 2.23 bits per heavy atom. The highest BCUT2D eigenvalue weighted by atomic mass is 32.2. The topological polar surface area (TPSA) is 85.6 Å². The first-order valence-electron chi connectivity index (χ1n) is 12.3. The molecule has 0 radical (unpaired) electrons. The summed E-state index contributed by atoms with van der Waals surface area (Å²) in [4.78, 5) is 12.6. The predicted molar refractivity (Wildman–Crippen MR) is 161 cm³/mol. The number of carbonyl (C=O) groups excluding carboxylic acids is 1. The molecule has 7 nitrogen and oxygen atoms in total. The maximum Gasteiger partial charge on any atom is 0.236 e. The van der Waals surface area contributed by atoms with Gasteiger partial charge in [-0.05, 0) is 32.7 Å². The zero-order chi connectivity index (χ0) is 26.6. The zero-order valence-corrected chi connectivity index (χ0v) is 23.5. The van der Waals surface area contributed by atoms with Gasteiger partial charge in [0.25, 0.3) is 0 Å². The molecule has 10 heteroatoms. The van der Waals surface area contributed by atoms with Gasteiger partial charge in [-0.2, -0.15) is 0 Å². The van der Waals surface area contributed by atoms with Crippen molar-refractivity contribution in [1.29, 1.82) is 0 Å². The molecule has 0 aliphatic rings. The van der Waals surface area contributed by atoms with Crippen LogP contribution in [0.25, 0.3) is 21.5 Å². The number of thioether (sulfide) groups is 2. The molecule has 194 valence electrons. The van der Waals surface area contributed by atoms with Crippen molar-refractivity contribution in [2.75, 3.05) is 11.1 Å². The number of hydrogen-bond acceptors (Lipinski definition) is 8. The Kier molecular flexibility index (Phi) is 7.57. The van der Waals surface area contributed by atoms with E-state index in [0.29, 0.717) is 16.7 Å². The van der Waals surface area contributed by atoms with Crippen LogP contribution >= 0.6 is 34.9 Å². The number of nitrogens with one attached hydrogen (secondary N) is 1. The SMILES string of the molecule is Cn1c(Cc2cccc3ccccc23)nnc1SCC(=O)Nc1nnc(SCc2cccc3ccccc23)s1. The maximum absolute atomic E-state index is 12.6. The van der Waals surface area contributed by atoms with Crippen LogP contribution in [-0.2, 0) is 24.0 Å². The van der Waals surface area contributed by atoms with E-state index in [1.165, 1.54) is 55.8 Å². The summed E-state index contributed by atoms with van der Waals surface area (Å²) in [7, 11) is 1.94. The first kappa shape index (κ1) is 25.5. The molecule has 0 aliphatic heterocycles. The quantitative estimate of drug-likeness (QED) is 0.156. The highest BCUT2D eigenvalue weighted by Gasteiger charge is 2.15. The number of carbonyl (C=O) groups is 1. The molecule has 1 amide bonds. The molecule has 39 heavy (non-hydrogen) atoms. The summed E-state index contributed by atoms with van der Waals surface area (Å²) in [5, 5.41) is 26.0. The van der Waals surface area contributed by atoms with E-state index < -0.39 is 0 Å². The lowest BCUT2D eigenvalue weighted by Gasteiger charge is -2.07. The fourth-order valence-electron chi connectivity index (χ4n) is 4.40. The number of nitrogens with zero attached hydrogens (tertiary/aromatic N) is 5. The lowest BCUT2D eigenvalue weighted by Crippen LogP contribution is -2.14. The minimum atomic E-state index is -0.152. The minimum Gasteiger partial charge on any atom is -0.309 e. The second-order valence-corrected chi connectivity index (χ2v) is 12.1. The molecule has 4 aromatic carbocycles. The van der Waals surface area contributed by atoms with E-state index in [1.807, 2.05) is 29.8 Å². The number of aromatic nitrogens is 5. The highest BCUT2D eigenvalue weighted by molar-refractivity contribution is 8.00. The number of amides is 1. The maximum atomic E-state index is 12.6. The third kappa shape index (κ3) is 5.83. The third-order valence-electron chi connectivity index (χ3n) is 6.37. The normalized spacial score (nSPS) is 11.3. The van der Waals surface area contributed by atoms with Crippen molar-refractivity contribution in [1.82, 2.24) is 25.0 Å². The van der Waals surface area contributed by atoms with Crippen LogP contribution in [0.4, 0.5) is 5.13 Å². The average Bonchev–Trinajstić information content (AvgIpc) is 3.56. The number of rotatable bonds is 9. The highest BCUT2D eigenvalue weighted by Crippen LogP contribution is 2.31. The lowest BCUT2D eigenvalue weighted by atomic mass is 10.0. The van der Waals surface area contributed by atoms with Crippen LogP contribution in [0, 0.1) is 0 Å². The van der Waals surface area contributed by atoms with Crippen molar-refractivity contribution < 1.29 is 4.79 Å². The van der Waals surface area contributed by atoms with E-state index in [4.69, 9.17) is 0 Å². The Balaban J connectivity index is 1.03. The van der Waals surface area contributed by atoms with Crippen LogP contribution in [0.1, 0.15) is 17.0 Å². The van der Waals surface area contributed by atoms with Gasteiger partial charge in [0, 0.05) is 19.2 Å². The smallest absolute Gasteiger partial charge is 0.236 e. The molecule has 0 aliphatic carbocycles. The average molecular weight is 569 g/mol. The molecular formula is C29H24N6OS3. The van der Waals surface area contributed by atoms with E-state index in [2.05, 4.69) is 92.4 Å². The van der Waals surface area contributed by atoms with Crippen molar-refractivity contribution >= 4 is 67.4 Å². The van der Waals surface area contributed by atoms with Crippen molar-refractivity contribution in [3.8, 4) is 0 Å². The molecule has 1 N–H and O–H groups in total. The summed E-state index contributed by atoms with van der Waals surface area (Å²) >= 11 is 4.36. The Hall–Kier alpha value is -3.73. The van der Waals surface area contributed by atoms with Gasteiger partial charge in [-0.15, -0.1) is 20.4 Å². The van der Waals surface area contributed by atoms with Crippen LogP contribution in [0.2, 0.25) is 0 Å². The first-order valence-corrected chi connectivity index (χ1v) is 15.1. The van der Waals surface area contributed by atoms with Gasteiger partial charge in [-0.25, -0.2) is 0 Å². The largest absolute Gasteiger partial charge is 0.309 e. The predicted octanol–water partition coefficient (Wildman–Crippen LogP) is 6.59. The summed E-state index contributed by atoms with van der Waals surface area (Å²) in [6.45, 7) is 0. The minimum absolute atomic E-state index is 0.152. The van der Waals surface area contributed by atoms with E-state index >= 15 is 0 Å². The molecule has 2 aromatic heterocycles. The Morgan fingerprint density at radius 2 is 1.46 bits per heavy atom. The molecule has 0 atom stereocenters. The van der Waals surface area contributed by atoms with Gasteiger partial charge >= 0.3 is 0 Å².